The van der Waals surface area contributed by atoms with Crippen molar-refractivity contribution in [3.63, 3.8) is 0 Å². The summed E-state index contributed by atoms with van der Waals surface area (Å²) in [5.74, 6) is -0.752. The van der Waals surface area contributed by atoms with Crippen LogP contribution < -0.4 is 10.1 Å². The zero-order chi connectivity index (χ0) is 17.9. The Morgan fingerprint density at radius 3 is 2.68 bits per heavy atom. The van der Waals surface area contributed by atoms with Crippen LogP contribution >= 0.6 is 0 Å². The fourth-order valence-corrected chi connectivity index (χ4v) is 2.22. The van der Waals surface area contributed by atoms with Crippen LogP contribution in [0, 0.1) is 0 Å². The van der Waals surface area contributed by atoms with E-state index in [9.17, 15) is 9.59 Å². The van der Waals surface area contributed by atoms with Crippen molar-refractivity contribution in [3.05, 3.63) is 59.8 Å². The van der Waals surface area contributed by atoms with Crippen LogP contribution in [0.2, 0.25) is 0 Å². The molecule has 0 atom stereocenters. The van der Waals surface area contributed by atoms with Crippen LogP contribution in [0.4, 0.5) is 0 Å². The molecule has 6 nitrogen and oxygen atoms in total. The largest absolute Gasteiger partial charge is 0.477 e. The molecule has 1 aromatic heterocycles. The van der Waals surface area contributed by atoms with Crippen molar-refractivity contribution in [3.8, 4) is 5.88 Å². The Kier molecular flexibility index (Phi) is 7.43. The molecule has 0 bridgehead atoms. The number of nitrogens with one attached hydrogen (secondary N) is 1. The molecule has 0 aliphatic rings. The number of aromatic nitrogens is 1. The fourth-order valence-electron chi connectivity index (χ4n) is 2.22. The molecule has 1 N–H and O–H groups in total. The first-order valence-electron chi connectivity index (χ1n) is 8.26. The van der Waals surface area contributed by atoms with Crippen molar-refractivity contribution in [2.45, 2.75) is 19.8 Å². The molecule has 1 heterocycles. The molecule has 0 radical (unpaired) electrons. The van der Waals surface area contributed by atoms with Crippen LogP contribution in [-0.4, -0.2) is 36.6 Å². The second-order valence-electron chi connectivity index (χ2n) is 5.30. The van der Waals surface area contributed by atoms with Crippen molar-refractivity contribution in [2.24, 2.45) is 0 Å². The SMILES string of the molecule is CCOc1ncccc1C(=O)OCC(=O)NCCCc1ccccc1. The number of carbonyl (C=O) groups excluding carboxylic acids is 2. The van der Waals surface area contributed by atoms with Gasteiger partial charge in [-0.25, -0.2) is 9.78 Å². The summed E-state index contributed by atoms with van der Waals surface area (Å²) < 4.78 is 10.3. The molecular weight excluding hydrogens is 320 g/mol. The number of amides is 1. The standard InChI is InChI=1S/C19H22N2O4/c1-2-24-18-16(11-7-13-21-18)19(23)25-14-17(22)20-12-6-10-15-8-4-3-5-9-15/h3-5,7-9,11,13H,2,6,10,12,14H2,1H3,(H,20,22). The van der Waals surface area contributed by atoms with Crippen LogP contribution in [0.15, 0.2) is 48.7 Å². The quantitative estimate of drug-likeness (QED) is 0.559. The number of pyridine rings is 1. The summed E-state index contributed by atoms with van der Waals surface area (Å²) in [5, 5.41) is 2.74. The maximum Gasteiger partial charge on any atom is 0.344 e. The van der Waals surface area contributed by atoms with Gasteiger partial charge in [-0.3, -0.25) is 4.79 Å². The minimum absolute atomic E-state index is 0.207. The van der Waals surface area contributed by atoms with Crippen molar-refractivity contribution in [1.82, 2.24) is 10.3 Å². The molecular formula is C19H22N2O4. The summed E-state index contributed by atoms with van der Waals surface area (Å²) in [4.78, 5) is 27.8. The number of rotatable bonds is 9. The van der Waals surface area contributed by atoms with E-state index in [2.05, 4.69) is 10.3 Å². The van der Waals surface area contributed by atoms with Crippen LogP contribution in [0.5, 0.6) is 5.88 Å². The lowest BCUT2D eigenvalue weighted by Crippen LogP contribution is -2.30. The third kappa shape index (κ3) is 6.25. The first-order valence-corrected chi connectivity index (χ1v) is 8.26. The fraction of sp³-hybridized carbons (Fsp3) is 0.316. The van der Waals surface area contributed by atoms with Gasteiger partial charge in [0.1, 0.15) is 5.56 Å². The number of hydrogen-bond acceptors (Lipinski definition) is 5. The lowest BCUT2D eigenvalue weighted by molar-refractivity contribution is -0.124. The van der Waals surface area contributed by atoms with E-state index in [4.69, 9.17) is 9.47 Å². The van der Waals surface area contributed by atoms with Gasteiger partial charge in [-0.1, -0.05) is 30.3 Å². The Morgan fingerprint density at radius 1 is 1.12 bits per heavy atom. The first-order chi connectivity index (χ1) is 12.2. The van der Waals surface area contributed by atoms with Crippen molar-refractivity contribution < 1.29 is 19.1 Å². The van der Waals surface area contributed by atoms with Crippen molar-refractivity contribution in [2.75, 3.05) is 19.8 Å². The molecule has 1 aromatic carbocycles. The first kappa shape index (κ1) is 18.4. The Hall–Kier alpha value is -2.89. The lowest BCUT2D eigenvalue weighted by atomic mass is 10.1. The molecule has 0 fully saturated rings. The van der Waals surface area contributed by atoms with Gasteiger partial charge >= 0.3 is 5.97 Å². The van der Waals surface area contributed by atoms with Crippen molar-refractivity contribution in [1.29, 1.82) is 0 Å². The smallest absolute Gasteiger partial charge is 0.344 e. The lowest BCUT2D eigenvalue weighted by Gasteiger charge is -2.09. The molecule has 0 aliphatic heterocycles. The molecule has 0 spiro atoms. The van der Waals surface area contributed by atoms with Gasteiger partial charge in [0.05, 0.1) is 6.61 Å². The van der Waals surface area contributed by atoms with Crippen LogP contribution in [0.1, 0.15) is 29.3 Å². The number of nitrogens with zero attached hydrogens (tertiary/aromatic N) is 1. The van der Waals surface area contributed by atoms with Crippen LogP contribution in [-0.2, 0) is 16.0 Å². The molecule has 6 heteroatoms. The van der Waals surface area contributed by atoms with E-state index in [1.807, 2.05) is 30.3 Å². The van der Waals surface area contributed by atoms with E-state index in [0.29, 0.717) is 13.2 Å². The summed E-state index contributed by atoms with van der Waals surface area (Å²) in [6.45, 7) is 2.39. The highest BCUT2D eigenvalue weighted by Gasteiger charge is 2.16. The summed E-state index contributed by atoms with van der Waals surface area (Å²) in [5.41, 5.74) is 1.43. The maximum absolute atomic E-state index is 12.0. The van der Waals surface area contributed by atoms with Gasteiger partial charge in [-0.2, -0.15) is 0 Å². The number of benzene rings is 1. The molecule has 0 saturated carbocycles. The maximum atomic E-state index is 12.0. The van der Waals surface area contributed by atoms with E-state index >= 15 is 0 Å². The molecule has 25 heavy (non-hydrogen) atoms. The van der Waals surface area contributed by atoms with E-state index in [1.165, 1.54) is 11.8 Å². The number of ether oxygens (including phenoxy) is 2. The second-order valence-corrected chi connectivity index (χ2v) is 5.30. The van der Waals surface area contributed by atoms with Gasteiger partial charge in [0.15, 0.2) is 6.61 Å². The molecule has 0 saturated heterocycles. The van der Waals surface area contributed by atoms with Gasteiger partial charge in [0.25, 0.3) is 5.91 Å². The molecule has 0 aliphatic carbocycles. The van der Waals surface area contributed by atoms with Gasteiger partial charge in [-0.15, -0.1) is 0 Å². The predicted molar refractivity (Wildman–Crippen MR) is 93.5 cm³/mol. The summed E-state index contributed by atoms with van der Waals surface area (Å²) in [7, 11) is 0. The summed E-state index contributed by atoms with van der Waals surface area (Å²) in [6, 6.07) is 13.2. The Morgan fingerprint density at radius 2 is 1.92 bits per heavy atom. The molecule has 132 valence electrons. The highest BCUT2D eigenvalue weighted by atomic mass is 16.5. The molecule has 2 rings (SSSR count). The second kappa shape index (κ2) is 10.1. The predicted octanol–water partition coefficient (Wildman–Crippen LogP) is 2.39. The van der Waals surface area contributed by atoms with Gasteiger partial charge < -0.3 is 14.8 Å². The normalized spacial score (nSPS) is 10.1. The average Bonchev–Trinajstić information content (AvgIpc) is 2.65. The van der Waals surface area contributed by atoms with Gasteiger partial charge in [-0.05, 0) is 37.5 Å². The Bertz CT molecular complexity index is 689. The highest BCUT2D eigenvalue weighted by Crippen LogP contribution is 2.15. The zero-order valence-corrected chi connectivity index (χ0v) is 14.2. The van der Waals surface area contributed by atoms with E-state index < -0.39 is 5.97 Å². The highest BCUT2D eigenvalue weighted by molar-refractivity contribution is 5.93. The molecule has 2 aromatic rings. The third-order valence-corrected chi connectivity index (χ3v) is 3.41. The number of carbonyl (C=O) groups is 2. The van der Waals surface area contributed by atoms with Crippen LogP contribution in [0.3, 0.4) is 0 Å². The number of hydrogen-bond donors (Lipinski definition) is 1. The van der Waals surface area contributed by atoms with Gasteiger partial charge in [0.2, 0.25) is 5.88 Å². The Labute approximate surface area is 147 Å². The van der Waals surface area contributed by atoms with E-state index in [-0.39, 0.29) is 24.0 Å². The number of aryl methyl sites for hydroxylation is 1. The van der Waals surface area contributed by atoms with Crippen LogP contribution in [0.25, 0.3) is 0 Å². The van der Waals surface area contributed by atoms with E-state index in [0.717, 1.165) is 12.8 Å². The summed E-state index contributed by atoms with van der Waals surface area (Å²) >= 11 is 0. The molecule has 1 amide bonds. The van der Waals surface area contributed by atoms with Crippen molar-refractivity contribution >= 4 is 11.9 Å². The number of esters is 1. The minimum atomic E-state index is -0.629. The zero-order valence-electron chi connectivity index (χ0n) is 14.2. The monoisotopic (exact) mass is 342 g/mol. The minimum Gasteiger partial charge on any atom is -0.477 e. The topological polar surface area (TPSA) is 77.5 Å². The summed E-state index contributed by atoms with van der Waals surface area (Å²) in [6.07, 6.45) is 3.23. The van der Waals surface area contributed by atoms with Gasteiger partial charge in [0, 0.05) is 12.7 Å². The molecule has 0 unspecified atom stereocenters. The van der Waals surface area contributed by atoms with E-state index in [1.54, 1.807) is 19.1 Å². The third-order valence-electron chi connectivity index (χ3n) is 3.41. The average molecular weight is 342 g/mol. The Balaban J connectivity index is 1.70.